The highest BCUT2D eigenvalue weighted by atomic mass is 19.4. The van der Waals surface area contributed by atoms with Crippen LogP contribution < -0.4 is 21.1 Å². The van der Waals surface area contributed by atoms with E-state index in [0.717, 1.165) is 17.7 Å². The molecule has 1 aromatic carbocycles. The Morgan fingerprint density at radius 3 is 2.42 bits per heavy atom. The molecule has 2 unspecified atom stereocenters. The number of hydrogen-bond acceptors (Lipinski definition) is 4. The topological polar surface area (TPSA) is 84.6 Å². The van der Waals surface area contributed by atoms with Gasteiger partial charge in [0.25, 0.3) is 0 Å². The van der Waals surface area contributed by atoms with Gasteiger partial charge in [0.1, 0.15) is 17.7 Å². The standard InChI is InChI=1S/C22H30F3N5O/c1-14(2)12-29-21(26)30-20-11-17(9-10-27-20)16(4)28-13-15(3)31-19-7-5-18(6-8-19)22(23,24)25/h5-11,14-16,28H,12-13H2,1-4H3,(H3,26,27,29,30). The molecule has 0 fully saturated rings. The lowest BCUT2D eigenvalue weighted by atomic mass is 10.1. The van der Waals surface area contributed by atoms with Crippen LogP contribution in [0.15, 0.2) is 47.6 Å². The van der Waals surface area contributed by atoms with Crippen LogP contribution in [0.2, 0.25) is 0 Å². The SMILES string of the molecule is CC(C)CN=C(N)Nc1cc(C(C)NCC(C)Oc2ccc(C(F)(F)F)cc2)ccn1. The number of aromatic nitrogens is 1. The molecular weight excluding hydrogens is 407 g/mol. The van der Waals surface area contributed by atoms with Gasteiger partial charge in [0.05, 0.1) is 5.56 Å². The molecule has 2 rings (SSSR count). The van der Waals surface area contributed by atoms with E-state index in [1.807, 2.05) is 26.0 Å². The molecule has 0 bridgehead atoms. The highest BCUT2D eigenvalue weighted by molar-refractivity contribution is 5.91. The number of ether oxygens (including phenoxy) is 1. The van der Waals surface area contributed by atoms with Gasteiger partial charge < -0.3 is 21.1 Å². The number of alkyl halides is 3. The fraction of sp³-hybridized carbons (Fsp3) is 0.455. The minimum Gasteiger partial charge on any atom is -0.489 e. The summed E-state index contributed by atoms with van der Waals surface area (Å²) >= 11 is 0. The van der Waals surface area contributed by atoms with Crippen LogP contribution >= 0.6 is 0 Å². The molecule has 0 aliphatic rings. The van der Waals surface area contributed by atoms with E-state index in [-0.39, 0.29) is 12.1 Å². The molecule has 9 heteroatoms. The third kappa shape index (κ3) is 8.45. The van der Waals surface area contributed by atoms with Crippen LogP contribution in [0.25, 0.3) is 0 Å². The number of halogens is 3. The second-order valence-electron chi connectivity index (χ2n) is 7.80. The Hall–Kier alpha value is -2.81. The van der Waals surface area contributed by atoms with E-state index in [1.54, 1.807) is 6.20 Å². The summed E-state index contributed by atoms with van der Waals surface area (Å²) < 4.78 is 43.6. The van der Waals surface area contributed by atoms with Crippen molar-refractivity contribution >= 4 is 11.8 Å². The minimum atomic E-state index is -4.36. The number of nitrogens with two attached hydrogens (primary N) is 1. The van der Waals surface area contributed by atoms with Crippen LogP contribution in [-0.2, 0) is 6.18 Å². The molecule has 0 aliphatic carbocycles. The molecule has 0 amide bonds. The Kier molecular flexibility index (Phi) is 8.67. The molecule has 6 nitrogen and oxygen atoms in total. The monoisotopic (exact) mass is 437 g/mol. The van der Waals surface area contributed by atoms with Crippen molar-refractivity contribution in [2.75, 3.05) is 18.4 Å². The zero-order valence-corrected chi connectivity index (χ0v) is 18.2. The summed E-state index contributed by atoms with van der Waals surface area (Å²) in [5.41, 5.74) is 6.19. The van der Waals surface area contributed by atoms with Gasteiger partial charge in [-0.25, -0.2) is 4.98 Å². The lowest BCUT2D eigenvalue weighted by Gasteiger charge is -2.20. The summed E-state index contributed by atoms with van der Waals surface area (Å²) in [4.78, 5) is 8.52. The molecule has 31 heavy (non-hydrogen) atoms. The van der Waals surface area contributed by atoms with Crippen LogP contribution in [0.3, 0.4) is 0 Å². The summed E-state index contributed by atoms with van der Waals surface area (Å²) in [6.07, 6.45) is -2.91. The van der Waals surface area contributed by atoms with E-state index in [0.29, 0.717) is 36.5 Å². The maximum Gasteiger partial charge on any atom is 0.416 e. The molecule has 170 valence electrons. The number of hydrogen-bond donors (Lipinski definition) is 3. The van der Waals surface area contributed by atoms with Crippen molar-refractivity contribution in [1.82, 2.24) is 10.3 Å². The van der Waals surface area contributed by atoms with E-state index in [9.17, 15) is 13.2 Å². The van der Waals surface area contributed by atoms with Crippen molar-refractivity contribution in [3.05, 3.63) is 53.7 Å². The lowest BCUT2D eigenvalue weighted by Crippen LogP contribution is -2.31. The summed E-state index contributed by atoms with van der Waals surface area (Å²) in [5, 5.41) is 6.34. The molecule has 0 saturated carbocycles. The van der Waals surface area contributed by atoms with Gasteiger partial charge in [0.2, 0.25) is 0 Å². The first-order chi connectivity index (χ1) is 14.5. The number of nitrogens with zero attached hydrogens (tertiary/aromatic N) is 2. The number of aliphatic imine (C=N–C) groups is 1. The highest BCUT2D eigenvalue weighted by Gasteiger charge is 2.30. The van der Waals surface area contributed by atoms with Gasteiger partial charge in [0.15, 0.2) is 5.96 Å². The minimum absolute atomic E-state index is 0.00367. The third-order valence-electron chi connectivity index (χ3n) is 4.40. The van der Waals surface area contributed by atoms with Gasteiger partial charge >= 0.3 is 6.18 Å². The maximum absolute atomic E-state index is 12.6. The van der Waals surface area contributed by atoms with Gasteiger partial charge in [-0.15, -0.1) is 0 Å². The average molecular weight is 438 g/mol. The Balaban J connectivity index is 1.87. The normalized spacial score (nSPS) is 14.4. The van der Waals surface area contributed by atoms with Crippen molar-refractivity contribution in [2.45, 2.75) is 46.0 Å². The fourth-order valence-electron chi connectivity index (χ4n) is 2.69. The van der Waals surface area contributed by atoms with E-state index in [2.05, 4.69) is 34.5 Å². The van der Waals surface area contributed by atoms with E-state index in [4.69, 9.17) is 10.5 Å². The first kappa shape index (κ1) is 24.5. The van der Waals surface area contributed by atoms with Gasteiger partial charge in [-0.3, -0.25) is 4.99 Å². The predicted octanol–water partition coefficient (Wildman–Crippen LogP) is 4.60. The summed E-state index contributed by atoms with van der Waals surface area (Å²) in [6, 6.07) is 8.46. The number of anilines is 1. The van der Waals surface area contributed by atoms with Gasteiger partial charge in [-0.05, 0) is 61.7 Å². The second-order valence-corrected chi connectivity index (χ2v) is 7.80. The number of nitrogens with one attached hydrogen (secondary N) is 2. The molecule has 0 radical (unpaired) electrons. The van der Waals surface area contributed by atoms with Crippen molar-refractivity contribution < 1.29 is 17.9 Å². The zero-order valence-electron chi connectivity index (χ0n) is 18.2. The largest absolute Gasteiger partial charge is 0.489 e. The zero-order chi connectivity index (χ0) is 23.0. The predicted molar refractivity (Wildman–Crippen MR) is 117 cm³/mol. The van der Waals surface area contributed by atoms with Crippen molar-refractivity contribution in [1.29, 1.82) is 0 Å². The second kappa shape index (κ2) is 11.0. The van der Waals surface area contributed by atoms with E-state index >= 15 is 0 Å². The van der Waals surface area contributed by atoms with Crippen molar-refractivity contribution in [3.8, 4) is 5.75 Å². The molecule has 2 atom stereocenters. The average Bonchev–Trinajstić information content (AvgIpc) is 2.70. The molecule has 4 N–H and O–H groups in total. The number of pyridine rings is 1. The van der Waals surface area contributed by atoms with Crippen LogP contribution in [-0.4, -0.2) is 30.1 Å². The summed E-state index contributed by atoms with van der Waals surface area (Å²) in [5.74, 6) is 1.72. The van der Waals surface area contributed by atoms with Crippen LogP contribution in [0, 0.1) is 5.92 Å². The first-order valence-electron chi connectivity index (χ1n) is 10.1. The third-order valence-corrected chi connectivity index (χ3v) is 4.40. The van der Waals surface area contributed by atoms with Crippen molar-refractivity contribution in [2.24, 2.45) is 16.6 Å². The molecule has 1 aromatic heterocycles. The van der Waals surface area contributed by atoms with Gasteiger partial charge in [-0.2, -0.15) is 13.2 Å². The van der Waals surface area contributed by atoms with Gasteiger partial charge in [-0.1, -0.05) is 13.8 Å². The number of benzene rings is 1. The van der Waals surface area contributed by atoms with Crippen LogP contribution in [0.5, 0.6) is 5.75 Å². The molecular formula is C22H30F3N5O. The highest BCUT2D eigenvalue weighted by Crippen LogP contribution is 2.30. The lowest BCUT2D eigenvalue weighted by molar-refractivity contribution is -0.137. The maximum atomic E-state index is 12.6. The van der Waals surface area contributed by atoms with E-state index in [1.165, 1.54) is 12.1 Å². The Morgan fingerprint density at radius 2 is 1.81 bits per heavy atom. The van der Waals surface area contributed by atoms with Crippen molar-refractivity contribution in [3.63, 3.8) is 0 Å². The fourth-order valence-corrected chi connectivity index (χ4v) is 2.69. The molecule has 2 aromatic rings. The smallest absolute Gasteiger partial charge is 0.416 e. The quantitative estimate of drug-likeness (QED) is 0.394. The van der Waals surface area contributed by atoms with Crippen LogP contribution in [0.1, 0.15) is 44.9 Å². The number of rotatable bonds is 9. The summed E-state index contributed by atoms with van der Waals surface area (Å²) in [6.45, 7) is 9.11. The van der Waals surface area contributed by atoms with E-state index < -0.39 is 11.7 Å². The van der Waals surface area contributed by atoms with Crippen LogP contribution in [0.4, 0.5) is 19.0 Å². The Bertz CT molecular complexity index is 853. The Morgan fingerprint density at radius 1 is 1.13 bits per heavy atom. The molecule has 0 saturated heterocycles. The first-order valence-corrected chi connectivity index (χ1v) is 10.1. The molecule has 0 aliphatic heterocycles. The molecule has 1 heterocycles. The van der Waals surface area contributed by atoms with Gasteiger partial charge in [0, 0.05) is 25.3 Å². The Labute approximate surface area is 181 Å². The summed E-state index contributed by atoms with van der Waals surface area (Å²) in [7, 11) is 0. The molecule has 0 spiro atoms. The number of guanidine groups is 1.